The van der Waals surface area contributed by atoms with E-state index in [4.69, 9.17) is 36.2 Å². The van der Waals surface area contributed by atoms with Gasteiger partial charge in [-0.3, -0.25) is 18.3 Å². The molecule has 0 aromatic rings. The van der Waals surface area contributed by atoms with Crippen molar-refractivity contribution in [1.82, 2.24) is 0 Å². The van der Waals surface area contributed by atoms with Crippen LogP contribution >= 0.6 is 30.4 Å². The van der Waals surface area contributed by atoms with E-state index in [0.29, 0.717) is 87.9 Å². The number of likely N-dealkylation sites (N-methyl/N-ethyl adjacent to an activating group) is 7. The van der Waals surface area contributed by atoms with Crippen LogP contribution in [0.4, 0.5) is 0 Å². The molecule has 0 aromatic heterocycles. The molecule has 0 aliphatic heterocycles. The lowest BCUT2D eigenvalue weighted by Crippen LogP contribution is -2.55. The van der Waals surface area contributed by atoms with E-state index in [2.05, 4.69) is 126 Å². The molecule has 23 nitrogen and oxygen atoms in total. The molecular weight excluding hydrogens is 1260 g/mol. The van der Waals surface area contributed by atoms with Crippen molar-refractivity contribution < 1.29 is 106 Å². The molecule has 0 rings (SSSR count). The molecule has 3 N–H and O–H groups in total. The summed E-state index contributed by atoms with van der Waals surface area (Å²) in [4.78, 5) is 0. The van der Waals surface area contributed by atoms with E-state index in [-0.39, 0.29) is 26.4 Å². The summed E-state index contributed by atoms with van der Waals surface area (Å²) < 4.78 is 105. The third kappa shape index (κ3) is 42.3. The van der Waals surface area contributed by atoms with E-state index >= 15 is 0 Å². The summed E-state index contributed by atoms with van der Waals surface area (Å²) in [6.45, 7) is 52.8. The molecule has 0 aromatic carbocycles. The van der Waals surface area contributed by atoms with Crippen LogP contribution in [0, 0.1) is 0 Å². The molecule has 92 heavy (non-hydrogen) atoms. The number of aliphatic hydroxyl groups is 3. The van der Waals surface area contributed by atoms with Crippen molar-refractivity contribution in [2.24, 2.45) is 0 Å². The first-order valence-electron chi connectivity index (χ1n) is 34.2. The van der Waals surface area contributed by atoms with Gasteiger partial charge < -0.3 is 87.4 Å². The first-order chi connectivity index (χ1) is 41.2. The standard InChI is InChI=1S/C17H41N2O6P.2C17H41N2O3P.C14H35N2O3P/c1-17(2,3)26(23,24-15-10-18(4,5)6)25-16-11-19(7-12-20,8-13-21)9-14-22;2*1-10-19(11-2,12-3)14-16-22-23(20,17(4,5)6)21-15-13-18(7,8)9;1-14(2,3)20(17,18-12-10-15(4,5)6)19-13-11-16(7,8)9/h20-22H,7-16H2,1-6H3;2*10-16H2,1-9H3;10-13H2,1-9H3/q4*+2. The molecule has 0 amide bonds. The zero-order valence-corrected chi connectivity index (χ0v) is 70.0. The van der Waals surface area contributed by atoms with Crippen LogP contribution in [0.25, 0.3) is 0 Å². The third-order valence-corrected chi connectivity index (χ3v) is 27.4. The molecule has 0 aliphatic rings. The molecule has 0 saturated heterocycles. The Morgan fingerprint density at radius 1 is 0.239 bits per heavy atom. The number of rotatable bonds is 44. The van der Waals surface area contributed by atoms with Gasteiger partial charge in [-0.25, -0.2) is 0 Å². The second kappa shape index (κ2) is 42.4. The highest BCUT2D eigenvalue weighted by molar-refractivity contribution is 7.56. The Balaban J connectivity index is -0.000000563. The molecule has 0 aliphatic carbocycles. The highest BCUT2D eigenvalue weighted by Crippen LogP contribution is 2.62. The monoisotopic (exact) mass is 1420 g/mol. The second-order valence-electron chi connectivity index (χ2n) is 33.8. The Kier molecular flexibility index (Phi) is 45.4. The molecule has 3 unspecified atom stereocenters. The van der Waals surface area contributed by atoms with Crippen LogP contribution in [-0.4, -0.2) is 361 Å². The number of hydrogen-bond acceptors (Lipinski definition) is 15. The summed E-state index contributed by atoms with van der Waals surface area (Å²) in [5.74, 6) is 0. The molecule has 0 bridgehead atoms. The molecule has 560 valence electrons. The Labute approximate surface area is 568 Å². The van der Waals surface area contributed by atoms with Crippen LogP contribution in [-0.2, 0) is 54.5 Å². The number of hydrogen-bond donors (Lipinski definition) is 3. The summed E-state index contributed by atoms with van der Waals surface area (Å²) in [6.07, 6.45) is 0. The highest BCUT2D eigenvalue weighted by Gasteiger charge is 2.44. The van der Waals surface area contributed by atoms with Gasteiger partial charge >= 0.3 is 30.4 Å². The lowest BCUT2D eigenvalue weighted by Gasteiger charge is -2.38. The highest BCUT2D eigenvalue weighted by atomic mass is 31.2. The van der Waals surface area contributed by atoms with Crippen molar-refractivity contribution in [2.45, 2.75) is 145 Å². The zero-order chi connectivity index (χ0) is 73.5. The van der Waals surface area contributed by atoms with Crippen molar-refractivity contribution in [3.05, 3.63) is 0 Å². The molecule has 0 saturated carbocycles. The summed E-state index contributed by atoms with van der Waals surface area (Å²) in [5, 5.41) is 25.8. The van der Waals surface area contributed by atoms with E-state index in [1.54, 1.807) is 0 Å². The predicted octanol–water partition coefficient (Wildman–Crippen LogP) is 10.1. The van der Waals surface area contributed by atoms with Crippen LogP contribution in [0.1, 0.15) is 125 Å². The van der Waals surface area contributed by atoms with Crippen LogP contribution in [0.15, 0.2) is 0 Å². The van der Waals surface area contributed by atoms with Crippen molar-refractivity contribution in [3.8, 4) is 0 Å². The van der Waals surface area contributed by atoms with Gasteiger partial charge in [-0.1, -0.05) is 0 Å². The minimum absolute atomic E-state index is 0.0586. The summed E-state index contributed by atoms with van der Waals surface area (Å²) in [7, 11) is 18.5. The van der Waals surface area contributed by atoms with Crippen molar-refractivity contribution in [1.29, 1.82) is 0 Å². The van der Waals surface area contributed by atoms with Gasteiger partial charge in [0, 0.05) is 0 Å². The first kappa shape index (κ1) is 98.5. The van der Waals surface area contributed by atoms with E-state index in [1.807, 2.05) is 104 Å². The molecule has 0 radical (unpaired) electrons. The zero-order valence-electron chi connectivity index (χ0n) is 66.4. The Hall–Kier alpha value is 0.160. The van der Waals surface area contributed by atoms with E-state index in [0.717, 1.165) is 105 Å². The van der Waals surface area contributed by atoms with Crippen LogP contribution in [0.2, 0.25) is 0 Å². The fourth-order valence-electron chi connectivity index (χ4n) is 8.53. The second-order valence-corrected chi connectivity index (χ2v) is 45.3. The normalized spacial score (nSPS) is 15.9. The molecule has 0 heterocycles. The van der Waals surface area contributed by atoms with Crippen LogP contribution in [0.3, 0.4) is 0 Å². The lowest BCUT2D eigenvalue weighted by molar-refractivity contribution is -0.929. The van der Waals surface area contributed by atoms with Crippen molar-refractivity contribution >= 4 is 30.4 Å². The maximum atomic E-state index is 13.3. The van der Waals surface area contributed by atoms with Gasteiger partial charge in [0.05, 0.1) is 185 Å². The Morgan fingerprint density at radius 2 is 0.370 bits per heavy atom. The summed E-state index contributed by atoms with van der Waals surface area (Å²) in [5.41, 5.74) is 0. The number of nitrogens with zero attached hydrogens (tertiary/aromatic N) is 8. The third-order valence-electron chi connectivity index (χ3n) is 16.6. The predicted molar refractivity (Wildman–Crippen MR) is 386 cm³/mol. The lowest BCUT2D eigenvalue weighted by atomic mass is 10.3. The van der Waals surface area contributed by atoms with Gasteiger partial charge in [0.15, 0.2) is 0 Å². The maximum absolute atomic E-state index is 13.3. The van der Waals surface area contributed by atoms with E-state index < -0.39 is 51.0 Å². The van der Waals surface area contributed by atoms with Gasteiger partial charge in [-0.05, 0) is 125 Å². The summed E-state index contributed by atoms with van der Waals surface area (Å²) >= 11 is 0. The Bertz CT molecular complexity index is 2000. The molecule has 27 heteroatoms. The van der Waals surface area contributed by atoms with Crippen LogP contribution < -0.4 is 0 Å². The fourth-order valence-corrected chi connectivity index (χ4v) is 14.5. The largest absolute Gasteiger partial charge is 0.391 e. The molecular formula is C65H158N8O15P4+8. The fraction of sp³-hybridized carbons (Fsp3) is 1.00. The van der Waals surface area contributed by atoms with Gasteiger partial charge in [-0.15, -0.1) is 0 Å². The molecule has 3 atom stereocenters. The van der Waals surface area contributed by atoms with Crippen LogP contribution in [0.5, 0.6) is 0 Å². The van der Waals surface area contributed by atoms with E-state index in [9.17, 15) is 33.6 Å². The summed E-state index contributed by atoms with van der Waals surface area (Å²) in [6, 6.07) is 0. The average Bonchev–Trinajstić information content (AvgIpc) is 0.845. The van der Waals surface area contributed by atoms with Gasteiger partial charge in [0.1, 0.15) is 125 Å². The smallest absolute Gasteiger partial charge is 0.336 e. The molecule has 0 fully saturated rings. The number of quaternary nitrogens is 8. The SMILES string of the molecule is CC(C)(C)P(=O)(OCC[N+](C)(C)C)OCC[N+](C)(C)C.CC(C)(C)P(=O)(OCC[N+](C)(C)C)OCC[N+](CCO)(CCO)CCO.CC[N+](CC)(CC)CCOP(=O)(OCC[N+](C)(C)C)C(C)(C)C.CC[N+](CC)(CC)CCOP(=O)(OCC[N+](C)(C)C)C(C)(C)C. The van der Waals surface area contributed by atoms with Gasteiger partial charge in [-0.2, -0.15) is 0 Å². The first-order valence-corrected chi connectivity index (χ1v) is 40.3. The van der Waals surface area contributed by atoms with Crippen molar-refractivity contribution in [3.63, 3.8) is 0 Å². The quantitative estimate of drug-likeness (QED) is 0.0384. The minimum atomic E-state index is -3.34. The topological polar surface area (TPSA) is 203 Å². The van der Waals surface area contributed by atoms with Gasteiger partial charge in [0.2, 0.25) is 0 Å². The van der Waals surface area contributed by atoms with E-state index in [1.165, 1.54) is 0 Å². The number of aliphatic hydroxyl groups excluding tert-OH is 3. The minimum Gasteiger partial charge on any atom is -0.391 e. The Morgan fingerprint density at radius 3 is 0.478 bits per heavy atom. The molecule has 0 spiro atoms. The van der Waals surface area contributed by atoms with Crippen molar-refractivity contribution in [2.75, 3.05) is 290 Å². The average molecular weight is 1420 g/mol. The maximum Gasteiger partial charge on any atom is 0.336 e. The van der Waals surface area contributed by atoms with Gasteiger partial charge in [0.25, 0.3) is 0 Å².